The van der Waals surface area contributed by atoms with Gasteiger partial charge in [-0.1, -0.05) is 35.4 Å². The van der Waals surface area contributed by atoms with Gasteiger partial charge in [-0.2, -0.15) is 0 Å². The molecule has 1 N–H and O–H groups in total. The highest BCUT2D eigenvalue weighted by molar-refractivity contribution is 6.30. The summed E-state index contributed by atoms with van der Waals surface area (Å²) in [7, 11) is 0. The topological polar surface area (TPSA) is 12.0 Å². The summed E-state index contributed by atoms with van der Waals surface area (Å²) in [6.07, 6.45) is 2.51. The first-order valence-electron chi connectivity index (χ1n) is 6.91. The van der Waals surface area contributed by atoms with Gasteiger partial charge >= 0.3 is 0 Å². The maximum atomic E-state index is 13.6. The first-order chi connectivity index (χ1) is 9.61. The van der Waals surface area contributed by atoms with E-state index in [0.717, 1.165) is 23.2 Å². The van der Waals surface area contributed by atoms with Crippen molar-refractivity contribution in [3.8, 4) is 11.1 Å². The van der Waals surface area contributed by atoms with Gasteiger partial charge in [0.25, 0.3) is 0 Å². The summed E-state index contributed by atoms with van der Waals surface area (Å²) >= 11 is 5.97. The molecule has 2 aromatic rings. The molecule has 1 aliphatic rings. The Balaban J connectivity index is 1.98. The molecule has 0 spiro atoms. The van der Waals surface area contributed by atoms with Crippen LogP contribution < -0.4 is 5.32 Å². The predicted molar refractivity (Wildman–Crippen MR) is 81.4 cm³/mol. The fraction of sp³-hybridized carbons (Fsp3) is 0.294. The quantitative estimate of drug-likeness (QED) is 0.860. The number of benzene rings is 2. The molecule has 2 aromatic carbocycles. The average Bonchev–Trinajstić information content (AvgIpc) is 3.20. The van der Waals surface area contributed by atoms with E-state index < -0.39 is 0 Å². The standard InChI is InChI=1S/C17H17ClFN/c1-11-2-3-12(10-20-16-4-5-16)17(6-11)13-7-14(18)9-15(19)8-13/h2-3,6-9,16,20H,4-5,10H2,1H3. The van der Waals surface area contributed by atoms with Crippen LogP contribution in [-0.4, -0.2) is 6.04 Å². The Morgan fingerprint density at radius 2 is 2.00 bits per heavy atom. The van der Waals surface area contributed by atoms with Crippen LogP contribution in [0.4, 0.5) is 4.39 Å². The monoisotopic (exact) mass is 289 g/mol. The molecular formula is C17H17ClFN. The molecule has 0 aromatic heterocycles. The second-order valence-electron chi connectivity index (χ2n) is 5.47. The van der Waals surface area contributed by atoms with E-state index >= 15 is 0 Å². The van der Waals surface area contributed by atoms with Crippen LogP contribution in [-0.2, 0) is 6.54 Å². The molecule has 0 saturated heterocycles. The minimum absolute atomic E-state index is 0.296. The van der Waals surface area contributed by atoms with E-state index in [4.69, 9.17) is 11.6 Å². The Kier molecular flexibility index (Phi) is 3.77. The van der Waals surface area contributed by atoms with E-state index in [1.807, 2.05) is 13.0 Å². The van der Waals surface area contributed by atoms with Gasteiger partial charge in [-0.25, -0.2) is 4.39 Å². The zero-order chi connectivity index (χ0) is 14.1. The predicted octanol–water partition coefficient (Wildman–Crippen LogP) is 4.71. The van der Waals surface area contributed by atoms with E-state index in [0.29, 0.717) is 11.1 Å². The summed E-state index contributed by atoms with van der Waals surface area (Å²) in [6.45, 7) is 2.86. The Bertz CT molecular complexity index is 615. The van der Waals surface area contributed by atoms with E-state index in [1.54, 1.807) is 6.07 Å². The van der Waals surface area contributed by atoms with E-state index in [9.17, 15) is 4.39 Å². The molecule has 0 bridgehead atoms. The largest absolute Gasteiger partial charge is 0.310 e. The third-order valence-corrected chi connectivity index (χ3v) is 3.82. The molecule has 1 saturated carbocycles. The average molecular weight is 290 g/mol. The smallest absolute Gasteiger partial charge is 0.125 e. The first-order valence-corrected chi connectivity index (χ1v) is 7.29. The molecule has 0 heterocycles. The fourth-order valence-corrected chi connectivity index (χ4v) is 2.59. The highest BCUT2D eigenvalue weighted by atomic mass is 35.5. The molecule has 1 fully saturated rings. The van der Waals surface area contributed by atoms with Crippen molar-refractivity contribution in [3.63, 3.8) is 0 Å². The molecule has 1 nitrogen and oxygen atoms in total. The lowest BCUT2D eigenvalue weighted by molar-refractivity contribution is 0.628. The SMILES string of the molecule is Cc1ccc(CNC2CC2)c(-c2cc(F)cc(Cl)c2)c1. The lowest BCUT2D eigenvalue weighted by Gasteiger charge is -2.12. The molecule has 0 atom stereocenters. The molecule has 3 heteroatoms. The van der Waals surface area contributed by atoms with Crippen LogP contribution in [0.3, 0.4) is 0 Å². The zero-order valence-electron chi connectivity index (χ0n) is 11.4. The Morgan fingerprint density at radius 1 is 1.20 bits per heavy atom. The lowest BCUT2D eigenvalue weighted by Crippen LogP contribution is -2.15. The van der Waals surface area contributed by atoms with Crippen LogP contribution in [0.25, 0.3) is 11.1 Å². The van der Waals surface area contributed by atoms with Gasteiger partial charge in [0.1, 0.15) is 5.82 Å². The number of aryl methyl sites for hydroxylation is 1. The van der Waals surface area contributed by atoms with Crippen molar-refractivity contribution in [2.75, 3.05) is 0 Å². The van der Waals surface area contributed by atoms with Crippen molar-refractivity contribution in [1.82, 2.24) is 5.32 Å². The Labute approximate surface area is 123 Å². The summed E-state index contributed by atoms with van der Waals surface area (Å²) in [5.41, 5.74) is 4.24. The summed E-state index contributed by atoms with van der Waals surface area (Å²) in [4.78, 5) is 0. The Hall–Kier alpha value is -1.38. The number of rotatable bonds is 4. The summed E-state index contributed by atoms with van der Waals surface area (Å²) in [5.74, 6) is -0.296. The van der Waals surface area contributed by atoms with Crippen molar-refractivity contribution in [2.24, 2.45) is 0 Å². The third-order valence-electron chi connectivity index (χ3n) is 3.60. The van der Waals surface area contributed by atoms with Crippen LogP contribution in [0.5, 0.6) is 0 Å². The first kappa shape index (κ1) is 13.6. The zero-order valence-corrected chi connectivity index (χ0v) is 12.2. The van der Waals surface area contributed by atoms with Crippen molar-refractivity contribution in [1.29, 1.82) is 0 Å². The third kappa shape index (κ3) is 3.20. The highest BCUT2D eigenvalue weighted by Gasteiger charge is 2.20. The van der Waals surface area contributed by atoms with Gasteiger partial charge in [0.15, 0.2) is 0 Å². The maximum Gasteiger partial charge on any atom is 0.125 e. The molecule has 20 heavy (non-hydrogen) atoms. The molecule has 0 aliphatic heterocycles. The number of halogens is 2. The van der Waals surface area contributed by atoms with E-state index in [2.05, 4.69) is 23.5 Å². The van der Waals surface area contributed by atoms with Crippen LogP contribution in [0.2, 0.25) is 5.02 Å². The second-order valence-corrected chi connectivity index (χ2v) is 5.91. The lowest BCUT2D eigenvalue weighted by atomic mass is 9.97. The maximum absolute atomic E-state index is 13.6. The van der Waals surface area contributed by atoms with Crippen molar-refractivity contribution >= 4 is 11.6 Å². The van der Waals surface area contributed by atoms with Gasteiger partial charge in [0.2, 0.25) is 0 Å². The molecule has 1 aliphatic carbocycles. The van der Waals surface area contributed by atoms with Crippen LogP contribution in [0, 0.1) is 12.7 Å². The van der Waals surface area contributed by atoms with Gasteiger partial charge in [-0.05, 0) is 54.7 Å². The van der Waals surface area contributed by atoms with Crippen molar-refractivity contribution in [2.45, 2.75) is 32.4 Å². The minimum atomic E-state index is -0.296. The molecule has 0 amide bonds. The number of hydrogen-bond acceptors (Lipinski definition) is 1. The molecule has 0 radical (unpaired) electrons. The fourth-order valence-electron chi connectivity index (χ4n) is 2.36. The van der Waals surface area contributed by atoms with Crippen LogP contribution in [0.1, 0.15) is 24.0 Å². The van der Waals surface area contributed by atoms with Gasteiger partial charge in [0.05, 0.1) is 0 Å². The Morgan fingerprint density at radius 3 is 2.70 bits per heavy atom. The van der Waals surface area contributed by atoms with Gasteiger partial charge in [-0.3, -0.25) is 0 Å². The van der Waals surface area contributed by atoms with Crippen LogP contribution in [0.15, 0.2) is 36.4 Å². The highest BCUT2D eigenvalue weighted by Crippen LogP contribution is 2.29. The molecular weight excluding hydrogens is 273 g/mol. The van der Waals surface area contributed by atoms with E-state index in [1.165, 1.54) is 24.5 Å². The van der Waals surface area contributed by atoms with Crippen LogP contribution >= 0.6 is 11.6 Å². The summed E-state index contributed by atoms with van der Waals surface area (Å²) in [5, 5.41) is 3.94. The normalized spacial score (nSPS) is 14.6. The summed E-state index contributed by atoms with van der Waals surface area (Å²) < 4.78 is 13.6. The summed E-state index contributed by atoms with van der Waals surface area (Å²) in [6, 6.07) is 11.6. The second kappa shape index (κ2) is 5.55. The number of hydrogen-bond donors (Lipinski definition) is 1. The molecule has 104 valence electrons. The molecule has 0 unspecified atom stereocenters. The van der Waals surface area contributed by atoms with Crippen molar-refractivity contribution < 1.29 is 4.39 Å². The van der Waals surface area contributed by atoms with Gasteiger partial charge in [0, 0.05) is 17.6 Å². The van der Waals surface area contributed by atoms with Gasteiger partial charge < -0.3 is 5.32 Å². The molecule has 3 rings (SSSR count). The van der Waals surface area contributed by atoms with Gasteiger partial charge in [-0.15, -0.1) is 0 Å². The van der Waals surface area contributed by atoms with Crippen molar-refractivity contribution in [3.05, 3.63) is 58.4 Å². The van der Waals surface area contributed by atoms with E-state index in [-0.39, 0.29) is 5.82 Å². The number of nitrogens with one attached hydrogen (secondary N) is 1. The minimum Gasteiger partial charge on any atom is -0.310 e.